The zero-order valence-corrected chi connectivity index (χ0v) is 15.8. The van der Waals surface area contributed by atoms with Gasteiger partial charge in [0.2, 0.25) is 0 Å². The number of amides is 1. The van der Waals surface area contributed by atoms with Gasteiger partial charge in [0.25, 0.3) is 5.91 Å². The van der Waals surface area contributed by atoms with Gasteiger partial charge in [0.1, 0.15) is 0 Å². The Morgan fingerprint density at radius 2 is 1.85 bits per heavy atom. The SMILES string of the molecule is CCOC(=O)c1cc(NC(=O)c2ccc(Cl)cc2)ccc1N1CCOCC1. The van der Waals surface area contributed by atoms with Crippen molar-refractivity contribution in [2.75, 3.05) is 43.1 Å². The van der Waals surface area contributed by atoms with E-state index in [1.54, 1.807) is 43.3 Å². The van der Waals surface area contributed by atoms with Gasteiger partial charge in [-0.3, -0.25) is 4.79 Å². The highest BCUT2D eigenvalue weighted by Gasteiger charge is 2.20. The third kappa shape index (κ3) is 4.78. The van der Waals surface area contributed by atoms with E-state index in [-0.39, 0.29) is 12.5 Å². The molecule has 1 saturated heterocycles. The lowest BCUT2D eigenvalue weighted by Crippen LogP contribution is -2.37. The highest BCUT2D eigenvalue weighted by molar-refractivity contribution is 6.30. The van der Waals surface area contributed by atoms with Crippen molar-refractivity contribution in [2.24, 2.45) is 0 Å². The summed E-state index contributed by atoms with van der Waals surface area (Å²) in [6.45, 7) is 4.65. The second kappa shape index (κ2) is 8.88. The van der Waals surface area contributed by atoms with Crippen LogP contribution in [0.5, 0.6) is 0 Å². The molecule has 0 radical (unpaired) electrons. The van der Waals surface area contributed by atoms with E-state index in [1.165, 1.54) is 0 Å². The first-order valence-corrected chi connectivity index (χ1v) is 9.17. The summed E-state index contributed by atoms with van der Waals surface area (Å²) in [5.41, 5.74) is 2.21. The predicted molar refractivity (Wildman–Crippen MR) is 105 cm³/mol. The monoisotopic (exact) mass is 388 g/mol. The fourth-order valence-corrected chi connectivity index (χ4v) is 3.00. The smallest absolute Gasteiger partial charge is 0.340 e. The normalized spacial score (nSPS) is 13.9. The number of nitrogens with zero attached hydrogens (tertiary/aromatic N) is 1. The minimum Gasteiger partial charge on any atom is -0.462 e. The molecule has 2 aromatic rings. The highest BCUT2D eigenvalue weighted by atomic mass is 35.5. The summed E-state index contributed by atoms with van der Waals surface area (Å²) >= 11 is 5.86. The van der Waals surface area contributed by atoms with Crippen LogP contribution >= 0.6 is 11.6 Å². The van der Waals surface area contributed by atoms with Gasteiger partial charge in [-0.25, -0.2) is 4.79 Å². The molecule has 0 unspecified atom stereocenters. The molecule has 0 aliphatic carbocycles. The Morgan fingerprint density at radius 1 is 1.15 bits per heavy atom. The third-order valence-electron chi connectivity index (χ3n) is 4.21. The summed E-state index contributed by atoms with van der Waals surface area (Å²) in [6.07, 6.45) is 0. The topological polar surface area (TPSA) is 67.9 Å². The molecule has 0 saturated carbocycles. The fourth-order valence-electron chi connectivity index (χ4n) is 2.87. The molecule has 1 heterocycles. The number of hydrogen-bond acceptors (Lipinski definition) is 5. The number of morpholine rings is 1. The van der Waals surface area contributed by atoms with Gasteiger partial charge in [-0.05, 0) is 49.4 Å². The lowest BCUT2D eigenvalue weighted by atomic mass is 10.1. The summed E-state index contributed by atoms with van der Waals surface area (Å²) in [4.78, 5) is 27.0. The van der Waals surface area contributed by atoms with E-state index in [4.69, 9.17) is 21.1 Å². The molecule has 0 spiro atoms. The summed E-state index contributed by atoms with van der Waals surface area (Å²) in [5.74, 6) is -0.692. The molecule has 1 N–H and O–H groups in total. The van der Waals surface area contributed by atoms with Crippen LogP contribution in [0.2, 0.25) is 5.02 Å². The van der Waals surface area contributed by atoms with Crippen LogP contribution in [0.3, 0.4) is 0 Å². The Labute approximate surface area is 163 Å². The molecule has 7 heteroatoms. The quantitative estimate of drug-likeness (QED) is 0.792. The molecular formula is C20H21ClN2O4. The molecule has 1 aliphatic heterocycles. The Balaban J connectivity index is 1.85. The van der Waals surface area contributed by atoms with Crippen LogP contribution in [0.1, 0.15) is 27.6 Å². The number of esters is 1. The van der Waals surface area contributed by atoms with Crippen molar-refractivity contribution in [1.82, 2.24) is 0 Å². The molecule has 0 aromatic heterocycles. The Hall–Kier alpha value is -2.57. The first-order valence-electron chi connectivity index (χ1n) is 8.79. The van der Waals surface area contributed by atoms with Crippen molar-refractivity contribution in [3.05, 3.63) is 58.6 Å². The predicted octanol–water partition coefficient (Wildman–Crippen LogP) is 3.61. The van der Waals surface area contributed by atoms with Crippen molar-refractivity contribution >= 4 is 34.9 Å². The minimum atomic E-state index is -0.415. The number of ether oxygens (including phenoxy) is 2. The van der Waals surface area contributed by atoms with E-state index < -0.39 is 5.97 Å². The van der Waals surface area contributed by atoms with Gasteiger partial charge in [-0.2, -0.15) is 0 Å². The average Bonchev–Trinajstić information content (AvgIpc) is 2.69. The summed E-state index contributed by atoms with van der Waals surface area (Å²) in [7, 11) is 0. The van der Waals surface area contributed by atoms with Crippen LogP contribution < -0.4 is 10.2 Å². The minimum absolute atomic E-state index is 0.277. The Bertz CT molecular complexity index is 817. The number of nitrogens with one attached hydrogen (secondary N) is 1. The highest BCUT2D eigenvalue weighted by Crippen LogP contribution is 2.26. The molecule has 0 atom stereocenters. The van der Waals surface area contributed by atoms with E-state index in [2.05, 4.69) is 10.2 Å². The molecule has 0 bridgehead atoms. The molecule has 1 amide bonds. The van der Waals surface area contributed by atoms with E-state index in [9.17, 15) is 9.59 Å². The summed E-state index contributed by atoms with van der Waals surface area (Å²) in [5, 5.41) is 3.37. The van der Waals surface area contributed by atoms with Crippen molar-refractivity contribution < 1.29 is 19.1 Å². The number of halogens is 1. The van der Waals surface area contributed by atoms with Crippen molar-refractivity contribution in [2.45, 2.75) is 6.92 Å². The van der Waals surface area contributed by atoms with Gasteiger partial charge in [0.05, 0.1) is 31.1 Å². The van der Waals surface area contributed by atoms with Crippen molar-refractivity contribution in [3.8, 4) is 0 Å². The van der Waals surface area contributed by atoms with Gasteiger partial charge < -0.3 is 19.7 Å². The summed E-state index contributed by atoms with van der Waals surface area (Å²) in [6, 6.07) is 11.9. The molecule has 27 heavy (non-hydrogen) atoms. The van der Waals surface area contributed by atoms with Crippen LogP contribution in [0, 0.1) is 0 Å². The van der Waals surface area contributed by atoms with Gasteiger partial charge in [0.15, 0.2) is 0 Å². The number of rotatable bonds is 5. The van der Waals surface area contributed by atoms with Crippen LogP contribution in [-0.2, 0) is 9.47 Å². The summed E-state index contributed by atoms with van der Waals surface area (Å²) < 4.78 is 10.6. The molecule has 142 valence electrons. The number of anilines is 2. The Morgan fingerprint density at radius 3 is 2.52 bits per heavy atom. The van der Waals surface area contributed by atoms with Gasteiger partial charge in [0, 0.05) is 29.4 Å². The maximum atomic E-state index is 12.4. The van der Waals surface area contributed by atoms with E-state index in [0.717, 1.165) is 5.69 Å². The fraction of sp³-hybridized carbons (Fsp3) is 0.300. The zero-order chi connectivity index (χ0) is 19.2. The van der Waals surface area contributed by atoms with Crippen molar-refractivity contribution in [3.63, 3.8) is 0 Å². The average molecular weight is 389 g/mol. The van der Waals surface area contributed by atoms with Crippen LogP contribution in [0.15, 0.2) is 42.5 Å². The van der Waals surface area contributed by atoms with E-state index in [0.29, 0.717) is 48.1 Å². The zero-order valence-electron chi connectivity index (χ0n) is 15.0. The van der Waals surface area contributed by atoms with Crippen LogP contribution in [0.25, 0.3) is 0 Å². The molecular weight excluding hydrogens is 368 g/mol. The first kappa shape index (κ1) is 19.2. The van der Waals surface area contributed by atoms with Gasteiger partial charge in [-0.15, -0.1) is 0 Å². The maximum absolute atomic E-state index is 12.4. The van der Waals surface area contributed by atoms with Crippen LogP contribution in [0.4, 0.5) is 11.4 Å². The molecule has 3 rings (SSSR count). The van der Waals surface area contributed by atoms with Gasteiger partial charge >= 0.3 is 5.97 Å². The molecule has 2 aromatic carbocycles. The number of carbonyl (C=O) groups excluding carboxylic acids is 2. The molecule has 1 fully saturated rings. The standard InChI is InChI=1S/C20H21ClN2O4/c1-2-27-20(25)17-13-16(7-8-18(17)23-9-11-26-12-10-23)22-19(24)14-3-5-15(21)6-4-14/h3-8,13H,2,9-12H2,1H3,(H,22,24). The molecule has 6 nitrogen and oxygen atoms in total. The maximum Gasteiger partial charge on any atom is 0.340 e. The van der Waals surface area contributed by atoms with Gasteiger partial charge in [-0.1, -0.05) is 11.6 Å². The Kier molecular flexibility index (Phi) is 6.32. The largest absolute Gasteiger partial charge is 0.462 e. The number of hydrogen-bond donors (Lipinski definition) is 1. The molecule has 1 aliphatic rings. The number of carbonyl (C=O) groups is 2. The van der Waals surface area contributed by atoms with E-state index >= 15 is 0 Å². The second-order valence-corrected chi connectivity index (χ2v) is 6.45. The van der Waals surface area contributed by atoms with Crippen molar-refractivity contribution in [1.29, 1.82) is 0 Å². The number of benzene rings is 2. The third-order valence-corrected chi connectivity index (χ3v) is 4.46. The first-order chi connectivity index (χ1) is 13.1. The lowest BCUT2D eigenvalue weighted by Gasteiger charge is -2.30. The lowest BCUT2D eigenvalue weighted by molar-refractivity contribution is 0.0526. The van der Waals surface area contributed by atoms with E-state index in [1.807, 2.05) is 6.07 Å². The van der Waals surface area contributed by atoms with Crippen LogP contribution in [-0.4, -0.2) is 44.8 Å². The second-order valence-electron chi connectivity index (χ2n) is 6.01.